The van der Waals surface area contributed by atoms with E-state index in [4.69, 9.17) is 15.6 Å². The second kappa shape index (κ2) is 5.04. The third-order valence-corrected chi connectivity index (χ3v) is 3.69. The summed E-state index contributed by atoms with van der Waals surface area (Å²) in [5, 5.41) is 18.9. The molecule has 1 saturated heterocycles. The van der Waals surface area contributed by atoms with Gasteiger partial charge in [0.05, 0.1) is 12.9 Å². The van der Waals surface area contributed by atoms with E-state index in [9.17, 15) is 18.3 Å². The number of nitrogens with two attached hydrogens (primary N) is 1. The summed E-state index contributed by atoms with van der Waals surface area (Å²) >= 11 is 0. The van der Waals surface area contributed by atoms with Gasteiger partial charge in [-0.2, -0.15) is 0 Å². The average molecular weight is 319 g/mol. The second-order valence-electron chi connectivity index (χ2n) is 4.89. The summed E-state index contributed by atoms with van der Waals surface area (Å²) in [4.78, 5) is 11.4. The standard InChI is InChI=1S/C11H12F3N5O3/c12-4-6(21)11(1-20,10(13)14)22-9(4)19-3-18-5-7(15)16-2-17-8(5)19/h2-4,6,9-10,20-21H,1H2,(H2,15,16,17). The Labute approximate surface area is 121 Å². The SMILES string of the molecule is Nc1ncnc2c1ncn2C1OC(CO)(C(F)F)C(O)C1F. The van der Waals surface area contributed by atoms with Crippen molar-refractivity contribution in [1.29, 1.82) is 0 Å². The highest BCUT2D eigenvalue weighted by atomic mass is 19.3. The smallest absolute Gasteiger partial charge is 0.272 e. The highest BCUT2D eigenvalue weighted by Gasteiger charge is 2.61. The largest absolute Gasteiger partial charge is 0.393 e. The number of halogens is 3. The van der Waals surface area contributed by atoms with Gasteiger partial charge < -0.3 is 20.7 Å². The van der Waals surface area contributed by atoms with Crippen LogP contribution in [0, 0.1) is 0 Å². The van der Waals surface area contributed by atoms with Gasteiger partial charge in [-0.3, -0.25) is 4.57 Å². The lowest BCUT2D eigenvalue weighted by atomic mass is 9.97. The molecular formula is C11H12F3N5O3. The highest BCUT2D eigenvalue weighted by Crippen LogP contribution is 2.43. The number of ether oxygens (including phenoxy) is 1. The van der Waals surface area contributed by atoms with Gasteiger partial charge in [0.2, 0.25) is 0 Å². The Kier molecular flexibility index (Phi) is 3.42. The quantitative estimate of drug-likeness (QED) is 0.706. The summed E-state index contributed by atoms with van der Waals surface area (Å²) in [7, 11) is 0. The van der Waals surface area contributed by atoms with Gasteiger partial charge in [0.25, 0.3) is 6.43 Å². The molecule has 1 aliphatic rings. The normalized spacial score (nSPS) is 32.2. The van der Waals surface area contributed by atoms with Crippen LogP contribution < -0.4 is 5.73 Å². The first-order chi connectivity index (χ1) is 10.4. The van der Waals surface area contributed by atoms with Crippen LogP contribution in [0.15, 0.2) is 12.7 Å². The van der Waals surface area contributed by atoms with Crippen molar-refractivity contribution in [3.63, 3.8) is 0 Å². The number of anilines is 1. The first kappa shape index (κ1) is 14.9. The van der Waals surface area contributed by atoms with Crippen molar-refractivity contribution in [2.45, 2.75) is 30.5 Å². The van der Waals surface area contributed by atoms with E-state index in [0.717, 1.165) is 17.2 Å². The Hall–Kier alpha value is -1.98. The predicted octanol–water partition coefficient (Wildman–Crippen LogP) is -0.368. The van der Waals surface area contributed by atoms with Gasteiger partial charge in [-0.25, -0.2) is 28.1 Å². The average Bonchev–Trinajstić information content (AvgIpc) is 3.02. The molecule has 1 aliphatic heterocycles. The Morgan fingerprint density at radius 2 is 2.14 bits per heavy atom. The number of hydrogen-bond acceptors (Lipinski definition) is 7. The summed E-state index contributed by atoms with van der Waals surface area (Å²) in [5.74, 6) is 0.0278. The molecule has 4 atom stereocenters. The van der Waals surface area contributed by atoms with E-state index < -0.39 is 37.1 Å². The maximum Gasteiger partial charge on any atom is 0.272 e. The lowest BCUT2D eigenvalue weighted by molar-refractivity contribution is -0.194. The van der Waals surface area contributed by atoms with E-state index in [2.05, 4.69) is 15.0 Å². The third kappa shape index (κ3) is 1.86. The first-order valence-electron chi connectivity index (χ1n) is 6.24. The molecule has 3 rings (SSSR count). The van der Waals surface area contributed by atoms with Crippen LogP contribution in [0.5, 0.6) is 0 Å². The molecule has 0 amide bonds. The lowest BCUT2D eigenvalue weighted by Gasteiger charge is -2.28. The molecule has 0 radical (unpaired) electrons. The van der Waals surface area contributed by atoms with E-state index in [1.807, 2.05) is 0 Å². The number of alkyl halides is 3. The molecule has 1 fully saturated rings. The molecule has 4 N–H and O–H groups in total. The summed E-state index contributed by atoms with van der Waals surface area (Å²) < 4.78 is 46.5. The number of imidazole rings is 1. The van der Waals surface area contributed by atoms with Crippen LogP contribution in [-0.2, 0) is 4.74 Å². The topological polar surface area (TPSA) is 119 Å². The maximum absolute atomic E-state index is 14.3. The van der Waals surface area contributed by atoms with Gasteiger partial charge in [0.1, 0.15) is 17.9 Å². The fraction of sp³-hybridized carbons (Fsp3) is 0.545. The van der Waals surface area contributed by atoms with E-state index >= 15 is 0 Å². The zero-order valence-electron chi connectivity index (χ0n) is 11.0. The summed E-state index contributed by atoms with van der Waals surface area (Å²) in [5.41, 5.74) is 3.09. The second-order valence-corrected chi connectivity index (χ2v) is 4.89. The maximum atomic E-state index is 14.3. The minimum Gasteiger partial charge on any atom is -0.393 e. The summed E-state index contributed by atoms with van der Waals surface area (Å²) in [6, 6.07) is 0. The van der Waals surface area contributed by atoms with Gasteiger partial charge in [-0.05, 0) is 0 Å². The van der Waals surface area contributed by atoms with E-state index in [-0.39, 0.29) is 17.0 Å². The van der Waals surface area contributed by atoms with Gasteiger partial charge in [-0.1, -0.05) is 0 Å². The number of aliphatic hydroxyl groups excluding tert-OH is 2. The van der Waals surface area contributed by atoms with Crippen molar-refractivity contribution in [1.82, 2.24) is 19.5 Å². The van der Waals surface area contributed by atoms with Crippen LogP contribution in [0.2, 0.25) is 0 Å². The van der Waals surface area contributed by atoms with Crippen molar-refractivity contribution in [2.75, 3.05) is 12.3 Å². The molecule has 0 aliphatic carbocycles. The number of nitrogens with zero attached hydrogens (tertiary/aromatic N) is 4. The van der Waals surface area contributed by atoms with Crippen LogP contribution in [0.4, 0.5) is 19.0 Å². The molecule has 0 bridgehead atoms. The molecule has 2 aromatic heterocycles. The number of rotatable bonds is 3. The Balaban J connectivity index is 2.06. The van der Waals surface area contributed by atoms with Gasteiger partial charge in [0.15, 0.2) is 29.5 Å². The fourth-order valence-electron chi connectivity index (χ4n) is 2.43. The van der Waals surface area contributed by atoms with Crippen molar-refractivity contribution >= 4 is 17.0 Å². The van der Waals surface area contributed by atoms with Crippen LogP contribution >= 0.6 is 0 Å². The molecule has 8 nitrogen and oxygen atoms in total. The number of hydrogen-bond donors (Lipinski definition) is 3. The molecule has 0 saturated carbocycles. The van der Waals surface area contributed by atoms with Crippen molar-refractivity contribution < 1.29 is 28.1 Å². The van der Waals surface area contributed by atoms with Gasteiger partial charge >= 0.3 is 0 Å². The van der Waals surface area contributed by atoms with Crippen LogP contribution in [0.1, 0.15) is 6.23 Å². The highest BCUT2D eigenvalue weighted by molar-refractivity contribution is 5.81. The number of aliphatic hydroxyl groups is 2. The van der Waals surface area contributed by atoms with Crippen molar-refractivity contribution in [2.24, 2.45) is 0 Å². The van der Waals surface area contributed by atoms with Crippen LogP contribution in [-0.4, -0.2) is 60.6 Å². The molecule has 2 aromatic rings. The predicted molar refractivity (Wildman–Crippen MR) is 66.6 cm³/mol. The fourth-order valence-corrected chi connectivity index (χ4v) is 2.43. The minimum atomic E-state index is -3.29. The van der Waals surface area contributed by atoms with Crippen LogP contribution in [0.25, 0.3) is 11.2 Å². The Morgan fingerprint density at radius 3 is 2.73 bits per heavy atom. The van der Waals surface area contributed by atoms with Crippen molar-refractivity contribution in [3.05, 3.63) is 12.7 Å². The van der Waals surface area contributed by atoms with Crippen LogP contribution in [0.3, 0.4) is 0 Å². The molecule has 120 valence electrons. The number of fused-ring (bicyclic) bond motifs is 1. The summed E-state index contributed by atoms with van der Waals surface area (Å²) in [6.45, 7) is -1.24. The van der Waals surface area contributed by atoms with Gasteiger partial charge in [-0.15, -0.1) is 0 Å². The third-order valence-electron chi connectivity index (χ3n) is 3.69. The molecule has 0 aromatic carbocycles. The van der Waals surface area contributed by atoms with E-state index in [1.54, 1.807) is 0 Å². The number of aromatic nitrogens is 4. The minimum absolute atomic E-state index is 0.0278. The Morgan fingerprint density at radius 1 is 1.41 bits per heavy atom. The molecule has 0 spiro atoms. The molecule has 11 heteroatoms. The Bertz CT molecular complexity index is 699. The zero-order chi connectivity index (χ0) is 16.1. The van der Waals surface area contributed by atoms with E-state index in [0.29, 0.717) is 0 Å². The molecule has 4 unspecified atom stereocenters. The molecular weight excluding hydrogens is 307 g/mol. The first-order valence-corrected chi connectivity index (χ1v) is 6.24. The summed E-state index contributed by atoms with van der Waals surface area (Å²) in [6.07, 6.45) is -7.14. The van der Waals surface area contributed by atoms with E-state index in [1.165, 1.54) is 0 Å². The molecule has 22 heavy (non-hydrogen) atoms. The number of nitrogen functional groups attached to an aromatic ring is 1. The van der Waals surface area contributed by atoms with Gasteiger partial charge in [0, 0.05) is 0 Å². The zero-order valence-corrected chi connectivity index (χ0v) is 11.0. The van der Waals surface area contributed by atoms with Crippen molar-refractivity contribution in [3.8, 4) is 0 Å². The molecule has 3 heterocycles. The lowest BCUT2D eigenvalue weighted by Crippen LogP contribution is -2.51. The monoisotopic (exact) mass is 319 g/mol.